The highest BCUT2D eigenvalue weighted by molar-refractivity contribution is 5.28. The Labute approximate surface area is 134 Å². The summed E-state index contributed by atoms with van der Waals surface area (Å²) in [6, 6.07) is 7.73. The largest absolute Gasteiger partial charge is 0.493 e. The van der Waals surface area contributed by atoms with Gasteiger partial charge in [0, 0.05) is 19.1 Å². The van der Waals surface area contributed by atoms with Gasteiger partial charge in [-0.3, -0.25) is 0 Å². The molecule has 1 fully saturated rings. The van der Waals surface area contributed by atoms with Crippen LogP contribution >= 0.6 is 0 Å². The summed E-state index contributed by atoms with van der Waals surface area (Å²) in [4.78, 5) is 0. The third-order valence-electron chi connectivity index (χ3n) is 4.83. The average Bonchev–Trinajstić information content (AvgIpc) is 2.90. The summed E-state index contributed by atoms with van der Waals surface area (Å²) in [7, 11) is 0. The van der Waals surface area contributed by atoms with E-state index in [1.54, 1.807) is 0 Å². The molecule has 0 saturated heterocycles. The first kappa shape index (κ1) is 17.3. The lowest BCUT2D eigenvalue weighted by molar-refractivity contribution is 0.0656. The zero-order chi connectivity index (χ0) is 15.8. The highest BCUT2D eigenvalue weighted by atomic mass is 16.5. The van der Waals surface area contributed by atoms with Gasteiger partial charge < -0.3 is 14.6 Å². The standard InChI is InChI=1S/C19H30O3/c1-3-4-10-21-13-17-9-8-15(2)19(17)14-22-18-7-5-6-16(11-18)12-20/h5-7,11,15,17,19-20H,3-4,8-10,12-14H2,1-2H3/t15?,17-,19+/m1/s1. The van der Waals surface area contributed by atoms with Gasteiger partial charge in [-0.2, -0.15) is 0 Å². The van der Waals surface area contributed by atoms with E-state index in [0.29, 0.717) is 17.8 Å². The number of benzene rings is 1. The number of rotatable bonds is 9. The second-order valence-electron chi connectivity index (χ2n) is 6.52. The lowest BCUT2D eigenvalue weighted by Gasteiger charge is -2.23. The van der Waals surface area contributed by atoms with Crippen LogP contribution in [0.4, 0.5) is 0 Å². The van der Waals surface area contributed by atoms with Crippen molar-refractivity contribution in [1.29, 1.82) is 0 Å². The summed E-state index contributed by atoms with van der Waals surface area (Å²) in [5, 5.41) is 9.19. The molecule has 0 radical (unpaired) electrons. The van der Waals surface area contributed by atoms with Crippen LogP contribution < -0.4 is 4.74 Å². The minimum Gasteiger partial charge on any atom is -0.493 e. The van der Waals surface area contributed by atoms with Gasteiger partial charge in [0.05, 0.1) is 13.2 Å². The summed E-state index contributed by atoms with van der Waals surface area (Å²) in [6.07, 6.45) is 4.86. The second-order valence-corrected chi connectivity index (χ2v) is 6.52. The van der Waals surface area contributed by atoms with Gasteiger partial charge in [-0.1, -0.05) is 32.4 Å². The molecule has 1 aromatic carbocycles. The van der Waals surface area contributed by atoms with Crippen LogP contribution in [0, 0.1) is 17.8 Å². The normalized spacial score (nSPS) is 24.6. The summed E-state index contributed by atoms with van der Waals surface area (Å²) in [5.74, 6) is 2.74. The van der Waals surface area contributed by atoms with Crippen LogP contribution in [0.2, 0.25) is 0 Å². The topological polar surface area (TPSA) is 38.7 Å². The van der Waals surface area contributed by atoms with Gasteiger partial charge in [0.15, 0.2) is 0 Å². The van der Waals surface area contributed by atoms with Crippen molar-refractivity contribution in [3.8, 4) is 5.75 Å². The first-order chi connectivity index (χ1) is 10.7. The third-order valence-corrected chi connectivity index (χ3v) is 4.83. The maximum Gasteiger partial charge on any atom is 0.119 e. The lowest BCUT2D eigenvalue weighted by atomic mass is 9.92. The Morgan fingerprint density at radius 3 is 2.86 bits per heavy atom. The number of hydrogen-bond acceptors (Lipinski definition) is 3. The van der Waals surface area contributed by atoms with E-state index in [9.17, 15) is 5.11 Å². The van der Waals surface area contributed by atoms with Gasteiger partial charge >= 0.3 is 0 Å². The van der Waals surface area contributed by atoms with E-state index in [4.69, 9.17) is 9.47 Å². The van der Waals surface area contributed by atoms with Crippen LogP contribution in [0.25, 0.3) is 0 Å². The van der Waals surface area contributed by atoms with E-state index in [-0.39, 0.29) is 6.61 Å². The fourth-order valence-electron chi connectivity index (χ4n) is 3.28. The predicted octanol–water partition coefficient (Wildman–Crippen LogP) is 4.04. The SMILES string of the molecule is CCCCOC[C@H]1CCC(C)[C@@H]1COc1cccc(CO)c1. The van der Waals surface area contributed by atoms with E-state index in [2.05, 4.69) is 13.8 Å². The fourth-order valence-corrected chi connectivity index (χ4v) is 3.28. The molecule has 0 aromatic heterocycles. The minimum absolute atomic E-state index is 0.0604. The maximum absolute atomic E-state index is 9.19. The molecule has 0 amide bonds. The quantitative estimate of drug-likeness (QED) is 0.700. The molecule has 1 N–H and O–H groups in total. The van der Waals surface area contributed by atoms with Gasteiger partial charge in [-0.05, 0) is 48.8 Å². The highest BCUT2D eigenvalue weighted by Crippen LogP contribution is 2.37. The number of hydrogen-bond donors (Lipinski definition) is 1. The fraction of sp³-hybridized carbons (Fsp3) is 0.684. The van der Waals surface area contributed by atoms with Gasteiger partial charge in [0.25, 0.3) is 0 Å². The summed E-state index contributed by atoms with van der Waals surface area (Å²) in [6.45, 7) is 7.08. The van der Waals surface area contributed by atoms with E-state index in [1.807, 2.05) is 24.3 Å². The molecule has 1 saturated carbocycles. The molecule has 0 bridgehead atoms. The van der Waals surface area contributed by atoms with Crippen molar-refractivity contribution < 1.29 is 14.6 Å². The van der Waals surface area contributed by atoms with Crippen molar-refractivity contribution in [2.24, 2.45) is 17.8 Å². The molecule has 3 atom stereocenters. The Morgan fingerprint density at radius 1 is 1.23 bits per heavy atom. The van der Waals surface area contributed by atoms with E-state index in [1.165, 1.54) is 19.3 Å². The molecule has 0 aliphatic heterocycles. The Kier molecular flexibility index (Phi) is 7.20. The zero-order valence-electron chi connectivity index (χ0n) is 14.0. The Morgan fingerprint density at radius 2 is 2.09 bits per heavy atom. The van der Waals surface area contributed by atoms with E-state index < -0.39 is 0 Å². The van der Waals surface area contributed by atoms with Crippen molar-refractivity contribution >= 4 is 0 Å². The molecular formula is C19H30O3. The van der Waals surface area contributed by atoms with Crippen molar-refractivity contribution in [3.63, 3.8) is 0 Å². The number of aliphatic hydroxyl groups excluding tert-OH is 1. The van der Waals surface area contributed by atoms with Gasteiger partial charge in [-0.25, -0.2) is 0 Å². The van der Waals surface area contributed by atoms with Crippen LogP contribution in [0.1, 0.15) is 45.1 Å². The summed E-state index contributed by atoms with van der Waals surface area (Å²) in [5.41, 5.74) is 0.899. The average molecular weight is 306 g/mol. The Hall–Kier alpha value is -1.06. The third kappa shape index (κ3) is 4.99. The number of unbranched alkanes of at least 4 members (excludes halogenated alkanes) is 1. The van der Waals surface area contributed by atoms with E-state index in [0.717, 1.165) is 37.6 Å². The van der Waals surface area contributed by atoms with E-state index >= 15 is 0 Å². The van der Waals surface area contributed by atoms with Crippen LogP contribution in [0.5, 0.6) is 5.75 Å². The molecule has 2 rings (SSSR count). The lowest BCUT2D eigenvalue weighted by Crippen LogP contribution is -2.24. The van der Waals surface area contributed by atoms with Crippen molar-refractivity contribution in [2.75, 3.05) is 19.8 Å². The molecule has 1 aliphatic rings. The molecule has 124 valence electrons. The first-order valence-electron chi connectivity index (χ1n) is 8.65. The molecule has 1 aromatic rings. The molecule has 0 spiro atoms. The molecule has 22 heavy (non-hydrogen) atoms. The van der Waals surface area contributed by atoms with Gasteiger partial charge in [-0.15, -0.1) is 0 Å². The van der Waals surface area contributed by atoms with Gasteiger partial charge in [0.2, 0.25) is 0 Å². The van der Waals surface area contributed by atoms with Crippen LogP contribution in [-0.4, -0.2) is 24.9 Å². The van der Waals surface area contributed by atoms with Gasteiger partial charge in [0.1, 0.15) is 5.75 Å². The molecule has 0 heterocycles. The van der Waals surface area contributed by atoms with Crippen LogP contribution in [0.3, 0.4) is 0 Å². The molecule has 3 heteroatoms. The minimum atomic E-state index is 0.0604. The number of ether oxygens (including phenoxy) is 2. The number of aliphatic hydroxyl groups is 1. The van der Waals surface area contributed by atoms with Crippen LogP contribution in [-0.2, 0) is 11.3 Å². The predicted molar refractivity (Wildman–Crippen MR) is 89.0 cm³/mol. The smallest absolute Gasteiger partial charge is 0.119 e. The van der Waals surface area contributed by atoms with Crippen molar-refractivity contribution in [2.45, 2.75) is 46.1 Å². The Bertz CT molecular complexity index is 432. The molecular weight excluding hydrogens is 276 g/mol. The zero-order valence-corrected chi connectivity index (χ0v) is 14.0. The highest BCUT2D eigenvalue weighted by Gasteiger charge is 2.33. The monoisotopic (exact) mass is 306 g/mol. The van der Waals surface area contributed by atoms with Crippen molar-refractivity contribution in [1.82, 2.24) is 0 Å². The second kappa shape index (κ2) is 9.16. The van der Waals surface area contributed by atoms with Crippen molar-refractivity contribution in [3.05, 3.63) is 29.8 Å². The molecule has 1 unspecified atom stereocenters. The summed E-state index contributed by atoms with van der Waals surface area (Å²) < 4.78 is 11.8. The summed E-state index contributed by atoms with van der Waals surface area (Å²) >= 11 is 0. The van der Waals surface area contributed by atoms with Crippen LogP contribution in [0.15, 0.2) is 24.3 Å². The molecule has 1 aliphatic carbocycles. The maximum atomic E-state index is 9.19. The first-order valence-corrected chi connectivity index (χ1v) is 8.65. The molecule has 3 nitrogen and oxygen atoms in total. The Balaban J connectivity index is 1.82.